The van der Waals surface area contributed by atoms with Gasteiger partial charge in [0.1, 0.15) is 12.1 Å². The number of benzene rings is 2. The first-order valence-electron chi connectivity index (χ1n) is 6.63. The van der Waals surface area contributed by atoms with Crippen LogP contribution in [0.5, 0.6) is 0 Å². The van der Waals surface area contributed by atoms with Crippen molar-refractivity contribution in [2.75, 3.05) is 10.6 Å². The van der Waals surface area contributed by atoms with Crippen LogP contribution in [0.1, 0.15) is 11.1 Å². The van der Waals surface area contributed by atoms with Crippen molar-refractivity contribution < 1.29 is 0 Å². The highest BCUT2D eigenvalue weighted by Gasteiger charge is 2.21. The van der Waals surface area contributed by atoms with E-state index in [-0.39, 0.29) is 0 Å². The number of para-hydroxylation sites is 1. The standard InChI is InChI=1S/C16H14N4/c17-13-6-5-11-8-20(9-12(11)7-13)16-14-3-1-2-4-15(14)18-10-19-16/h1-7,10H,8-9,17H2. The van der Waals surface area contributed by atoms with Gasteiger partial charge in [0.25, 0.3) is 0 Å². The summed E-state index contributed by atoms with van der Waals surface area (Å²) in [7, 11) is 0. The lowest BCUT2D eigenvalue weighted by Gasteiger charge is -2.17. The van der Waals surface area contributed by atoms with Crippen LogP contribution in [0.4, 0.5) is 11.5 Å². The van der Waals surface area contributed by atoms with Crippen LogP contribution < -0.4 is 10.6 Å². The lowest BCUT2D eigenvalue weighted by Crippen LogP contribution is -2.16. The number of nitrogens with two attached hydrogens (primary N) is 1. The molecule has 0 fully saturated rings. The molecule has 0 atom stereocenters. The summed E-state index contributed by atoms with van der Waals surface area (Å²) in [6, 6.07) is 14.2. The van der Waals surface area contributed by atoms with Gasteiger partial charge in [0, 0.05) is 24.2 Å². The molecular weight excluding hydrogens is 248 g/mol. The van der Waals surface area contributed by atoms with Crippen molar-refractivity contribution in [3.8, 4) is 0 Å². The van der Waals surface area contributed by atoms with Crippen molar-refractivity contribution in [3.63, 3.8) is 0 Å². The summed E-state index contributed by atoms with van der Waals surface area (Å²) in [5, 5.41) is 1.09. The van der Waals surface area contributed by atoms with Crippen LogP contribution in [-0.4, -0.2) is 9.97 Å². The molecule has 1 aliphatic heterocycles. The predicted octanol–water partition coefficient (Wildman–Crippen LogP) is 2.73. The molecule has 0 unspecified atom stereocenters. The number of rotatable bonds is 1. The smallest absolute Gasteiger partial charge is 0.140 e. The van der Waals surface area contributed by atoms with E-state index < -0.39 is 0 Å². The first-order valence-corrected chi connectivity index (χ1v) is 6.63. The lowest BCUT2D eigenvalue weighted by atomic mass is 10.1. The quantitative estimate of drug-likeness (QED) is 0.685. The number of fused-ring (bicyclic) bond motifs is 2. The molecule has 98 valence electrons. The summed E-state index contributed by atoms with van der Waals surface area (Å²) in [6.45, 7) is 1.72. The molecule has 2 heterocycles. The molecule has 3 aromatic rings. The first kappa shape index (κ1) is 11.2. The Morgan fingerprint density at radius 1 is 0.950 bits per heavy atom. The largest absolute Gasteiger partial charge is 0.399 e. The van der Waals surface area contributed by atoms with Gasteiger partial charge in [-0.15, -0.1) is 0 Å². The molecule has 0 amide bonds. The molecule has 0 radical (unpaired) electrons. The zero-order chi connectivity index (χ0) is 13.5. The average molecular weight is 262 g/mol. The second-order valence-electron chi connectivity index (χ2n) is 5.10. The molecular formula is C16H14N4. The fourth-order valence-corrected chi connectivity index (χ4v) is 2.81. The number of anilines is 2. The Labute approximate surface area is 116 Å². The Morgan fingerprint density at radius 3 is 2.75 bits per heavy atom. The Bertz CT molecular complexity index is 792. The molecule has 4 heteroatoms. The van der Waals surface area contributed by atoms with E-state index >= 15 is 0 Å². The van der Waals surface area contributed by atoms with E-state index in [4.69, 9.17) is 5.73 Å². The van der Waals surface area contributed by atoms with E-state index in [9.17, 15) is 0 Å². The van der Waals surface area contributed by atoms with Crippen molar-refractivity contribution in [2.24, 2.45) is 0 Å². The Hall–Kier alpha value is -2.62. The SMILES string of the molecule is Nc1ccc2c(c1)CN(c1ncnc3ccccc13)C2. The second-order valence-corrected chi connectivity index (χ2v) is 5.10. The van der Waals surface area contributed by atoms with E-state index in [1.807, 2.05) is 24.3 Å². The zero-order valence-electron chi connectivity index (χ0n) is 11.0. The monoisotopic (exact) mass is 262 g/mol. The van der Waals surface area contributed by atoms with Crippen LogP contribution in [-0.2, 0) is 13.1 Å². The molecule has 2 aromatic carbocycles. The van der Waals surface area contributed by atoms with Crippen molar-refractivity contribution in [2.45, 2.75) is 13.1 Å². The van der Waals surface area contributed by atoms with Crippen LogP contribution in [0.2, 0.25) is 0 Å². The molecule has 4 rings (SSSR count). The van der Waals surface area contributed by atoms with Crippen LogP contribution in [0.3, 0.4) is 0 Å². The molecule has 0 bridgehead atoms. The van der Waals surface area contributed by atoms with E-state index in [2.05, 4.69) is 33.1 Å². The minimum Gasteiger partial charge on any atom is -0.399 e. The van der Waals surface area contributed by atoms with Crippen molar-refractivity contribution >= 4 is 22.4 Å². The third-order valence-corrected chi connectivity index (χ3v) is 3.77. The van der Waals surface area contributed by atoms with E-state index in [1.165, 1.54) is 11.1 Å². The fraction of sp³-hybridized carbons (Fsp3) is 0.125. The van der Waals surface area contributed by atoms with Crippen molar-refractivity contribution in [1.82, 2.24) is 9.97 Å². The number of hydrogen-bond acceptors (Lipinski definition) is 4. The summed E-state index contributed by atoms with van der Waals surface area (Å²) in [5.41, 5.74) is 10.3. The zero-order valence-corrected chi connectivity index (χ0v) is 11.0. The molecule has 0 aliphatic carbocycles. The summed E-state index contributed by atoms with van der Waals surface area (Å²) < 4.78 is 0. The Morgan fingerprint density at radius 2 is 1.80 bits per heavy atom. The van der Waals surface area contributed by atoms with Crippen molar-refractivity contribution in [3.05, 3.63) is 59.9 Å². The molecule has 0 spiro atoms. The van der Waals surface area contributed by atoms with Gasteiger partial charge in [0.05, 0.1) is 5.52 Å². The summed E-state index contributed by atoms with van der Waals surface area (Å²) in [6.07, 6.45) is 1.63. The molecule has 0 saturated carbocycles. The highest BCUT2D eigenvalue weighted by molar-refractivity contribution is 5.89. The Kier molecular flexibility index (Phi) is 2.36. The molecule has 20 heavy (non-hydrogen) atoms. The highest BCUT2D eigenvalue weighted by atomic mass is 15.2. The minimum absolute atomic E-state index is 0.818. The number of nitrogens with zero attached hydrogens (tertiary/aromatic N) is 3. The van der Waals surface area contributed by atoms with Gasteiger partial charge >= 0.3 is 0 Å². The van der Waals surface area contributed by atoms with Crippen LogP contribution in [0, 0.1) is 0 Å². The number of nitrogen functional groups attached to an aromatic ring is 1. The second kappa shape index (κ2) is 4.20. The molecule has 1 aromatic heterocycles. The van der Waals surface area contributed by atoms with Gasteiger partial charge < -0.3 is 10.6 Å². The first-order chi connectivity index (χ1) is 9.81. The molecule has 1 aliphatic rings. The number of hydrogen-bond donors (Lipinski definition) is 1. The minimum atomic E-state index is 0.818. The molecule has 0 saturated heterocycles. The maximum Gasteiger partial charge on any atom is 0.140 e. The van der Waals surface area contributed by atoms with Crippen LogP contribution in [0.25, 0.3) is 10.9 Å². The Balaban J connectivity index is 1.79. The maximum atomic E-state index is 5.86. The van der Waals surface area contributed by atoms with Gasteiger partial charge in [-0.3, -0.25) is 0 Å². The number of aromatic nitrogens is 2. The third-order valence-electron chi connectivity index (χ3n) is 3.77. The fourth-order valence-electron chi connectivity index (χ4n) is 2.81. The molecule has 2 N–H and O–H groups in total. The van der Waals surface area contributed by atoms with E-state index in [0.29, 0.717) is 0 Å². The average Bonchev–Trinajstić information content (AvgIpc) is 2.89. The van der Waals surface area contributed by atoms with Gasteiger partial charge in [-0.1, -0.05) is 18.2 Å². The van der Waals surface area contributed by atoms with Crippen LogP contribution in [0.15, 0.2) is 48.8 Å². The summed E-state index contributed by atoms with van der Waals surface area (Å²) in [4.78, 5) is 11.1. The maximum absolute atomic E-state index is 5.86. The van der Waals surface area contributed by atoms with Gasteiger partial charge in [-0.05, 0) is 35.4 Å². The van der Waals surface area contributed by atoms with E-state index in [0.717, 1.165) is 35.5 Å². The molecule has 4 nitrogen and oxygen atoms in total. The normalized spacial score (nSPS) is 13.7. The summed E-state index contributed by atoms with van der Waals surface area (Å²) in [5.74, 6) is 0.991. The van der Waals surface area contributed by atoms with Crippen LogP contribution >= 0.6 is 0 Å². The highest BCUT2D eigenvalue weighted by Crippen LogP contribution is 2.31. The summed E-state index contributed by atoms with van der Waals surface area (Å²) >= 11 is 0. The van der Waals surface area contributed by atoms with Crippen molar-refractivity contribution in [1.29, 1.82) is 0 Å². The lowest BCUT2D eigenvalue weighted by molar-refractivity contribution is 0.859. The van der Waals surface area contributed by atoms with Gasteiger partial charge in [-0.2, -0.15) is 0 Å². The van der Waals surface area contributed by atoms with Gasteiger partial charge in [-0.25, -0.2) is 9.97 Å². The third kappa shape index (κ3) is 1.69. The van der Waals surface area contributed by atoms with Gasteiger partial charge in [0.15, 0.2) is 0 Å². The topological polar surface area (TPSA) is 55.0 Å². The predicted molar refractivity (Wildman–Crippen MR) is 80.3 cm³/mol. The van der Waals surface area contributed by atoms with E-state index in [1.54, 1.807) is 6.33 Å². The van der Waals surface area contributed by atoms with Gasteiger partial charge in [0.2, 0.25) is 0 Å².